The number of carbonyl (C=O) groups excluding carboxylic acids is 1. The Hall–Kier alpha value is -2.43. The first-order valence-electron chi connectivity index (χ1n) is 13.7. The second-order valence-electron chi connectivity index (χ2n) is 10.5. The van der Waals surface area contributed by atoms with E-state index in [1.807, 2.05) is 31.2 Å². The van der Waals surface area contributed by atoms with Crippen molar-refractivity contribution in [2.45, 2.75) is 56.6 Å². The van der Waals surface area contributed by atoms with E-state index in [9.17, 15) is 13.2 Å². The van der Waals surface area contributed by atoms with Crippen LogP contribution in [-0.4, -0.2) is 55.8 Å². The SMILES string of the molecule is Cc1ccc2cccc(OCc3c(Cl)ccc(S(=O)(=O)N4CCC[C@H]4C(=O)NCCC4CCNCC4)c3Cl)c2n1. The molecule has 0 aliphatic carbocycles. The number of benzene rings is 2. The number of ether oxygens (including phenoxy) is 1. The number of amides is 1. The highest BCUT2D eigenvalue weighted by Crippen LogP contribution is 2.36. The van der Waals surface area contributed by atoms with Crippen molar-refractivity contribution in [1.29, 1.82) is 0 Å². The lowest BCUT2D eigenvalue weighted by atomic mass is 9.95. The van der Waals surface area contributed by atoms with Gasteiger partial charge < -0.3 is 15.4 Å². The molecular formula is C29H34Cl2N4O4S. The highest BCUT2D eigenvalue weighted by atomic mass is 35.5. The van der Waals surface area contributed by atoms with Crippen LogP contribution < -0.4 is 15.4 Å². The number of hydrogen-bond donors (Lipinski definition) is 2. The fourth-order valence-corrected chi connectivity index (χ4v) is 8.02. The molecular weight excluding hydrogens is 571 g/mol. The summed E-state index contributed by atoms with van der Waals surface area (Å²) in [4.78, 5) is 17.6. The monoisotopic (exact) mass is 604 g/mol. The van der Waals surface area contributed by atoms with Crippen LogP contribution in [0.25, 0.3) is 10.9 Å². The third kappa shape index (κ3) is 6.24. The van der Waals surface area contributed by atoms with E-state index in [1.54, 1.807) is 6.07 Å². The number of carbonyl (C=O) groups is 1. The Morgan fingerprint density at radius 2 is 1.93 bits per heavy atom. The summed E-state index contributed by atoms with van der Waals surface area (Å²) in [7, 11) is -4.07. The van der Waals surface area contributed by atoms with Crippen molar-refractivity contribution in [1.82, 2.24) is 19.9 Å². The van der Waals surface area contributed by atoms with E-state index < -0.39 is 16.1 Å². The van der Waals surface area contributed by atoms with Gasteiger partial charge in [0.25, 0.3) is 0 Å². The van der Waals surface area contributed by atoms with Gasteiger partial charge in [0.2, 0.25) is 15.9 Å². The van der Waals surface area contributed by atoms with Crippen LogP contribution >= 0.6 is 23.2 Å². The summed E-state index contributed by atoms with van der Waals surface area (Å²) in [6, 6.07) is 11.6. The summed E-state index contributed by atoms with van der Waals surface area (Å²) >= 11 is 13.2. The second-order valence-corrected chi connectivity index (χ2v) is 13.1. The van der Waals surface area contributed by atoms with Gasteiger partial charge in [-0.25, -0.2) is 13.4 Å². The molecule has 0 unspecified atom stereocenters. The van der Waals surface area contributed by atoms with Crippen molar-refractivity contribution in [2.24, 2.45) is 5.92 Å². The maximum Gasteiger partial charge on any atom is 0.245 e. The molecule has 40 heavy (non-hydrogen) atoms. The van der Waals surface area contributed by atoms with Crippen molar-refractivity contribution in [3.63, 3.8) is 0 Å². The minimum absolute atomic E-state index is 0.00570. The molecule has 5 rings (SSSR count). The molecule has 2 aliphatic heterocycles. The molecule has 1 aromatic heterocycles. The zero-order valence-corrected chi connectivity index (χ0v) is 24.8. The number of piperidine rings is 1. The van der Waals surface area contributed by atoms with Crippen LogP contribution in [-0.2, 0) is 21.4 Å². The number of aromatic nitrogens is 1. The van der Waals surface area contributed by atoms with Crippen molar-refractivity contribution in [3.8, 4) is 5.75 Å². The number of rotatable bonds is 9. The second kappa shape index (κ2) is 12.6. The molecule has 2 fully saturated rings. The smallest absolute Gasteiger partial charge is 0.245 e. The first-order valence-corrected chi connectivity index (χ1v) is 15.9. The molecule has 214 valence electrons. The van der Waals surface area contributed by atoms with Crippen molar-refractivity contribution in [3.05, 3.63) is 63.8 Å². The molecule has 11 heteroatoms. The lowest BCUT2D eigenvalue weighted by Crippen LogP contribution is -2.46. The molecule has 0 radical (unpaired) electrons. The number of pyridine rings is 1. The van der Waals surface area contributed by atoms with Gasteiger partial charge in [-0.3, -0.25) is 4.79 Å². The molecule has 2 N–H and O–H groups in total. The average molecular weight is 606 g/mol. The molecule has 2 aliphatic rings. The van der Waals surface area contributed by atoms with Gasteiger partial charge in [0, 0.05) is 34.8 Å². The average Bonchev–Trinajstić information content (AvgIpc) is 3.45. The fourth-order valence-electron chi connectivity index (χ4n) is 5.50. The Labute approximate surface area is 245 Å². The van der Waals surface area contributed by atoms with Crippen LogP contribution in [0, 0.1) is 12.8 Å². The van der Waals surface area contributed by atoms with E-state index in [0.29, 0.717) is 47.2 Å². The first kappa shape index (κ1) is 29.1. The van der Waals surface area contributed by atoms with Gasteiger partial charge in [0.15, 0.2) is 0 Å². The summed E-state index contributed by atoms with van der Waals surface area (Å²) in [5.41, 5.74) is 1.91. The maximum absolute atomic E-state index is 13.8. The Morgan fingerprint density at radius 1 is 1.12 bits per heavy atom. The predicted octanol–water partition coefficient (Wildman–Crippen LogP) is 5.09. The first-order chi connectivity index (χ1) is 19.3. The molecule has 0 spiro atoms. The highest BCUT2D eigenvalue weighted by Gasteiger charge is 2.40. The van der Waals surface area contributed by atoms with Gasteiger partial charge in [0.1, 0.15) is 28.8 Å². The van der Waals surface area contributed by atoms with E-state index in [-0.39, 0.29) is 29.0 Å². The van der Waals surface area contributed by atoms with E-state index >= 15 is 0 Å². The molecule has 2 aromatic carbocycles. The molecule has 8 nitrogen and oxygen atoms in total. The number of nitrogens with zero attached hydrogens (tertiary/aromatic N) is 2. The molecule has 1 atom stereocenters. The van der Waals surface area contributed by atoms with Crippen LogP contribution in [0.1, 0.15) is 43.4 Å². The lowest BCUT2D eigenvalue weighted by molar-refractivity contribution is -0.124. The third-order valence-corrected chi connectivity index (χ3v) is 10.6. The normalized spacial score (nSPS) is 18.7. The number of hydrogen-bond acceptors (Lipinski definition) is 6. The van der Waals surface area contributed by atoms with Crippen LogP contribution in [0.4, 0.5) is 0 Å². The topological polar surface area (TPSA) is 101 Å². The van der Waals surface area contributed by atoms with Crippen LogP contribution in [0.15, 0.2) is 47.4 Å². The number of nitrogens with one attached hydrogen (secondary N) is 2. The van der Waals surface area contributed by atoms with Crippen molar-refractivity contribution < 1.29 is 17.9 Å². The standard InChI is InChI=1S/C29H34Cl2N4O4S/c1-19-7-8-21-4-2-6-25(28(21)34-19)39-18-22-23(30)9-10-26(27(22)31)40(37,38)35-17-3-5-24(35)29(36)33-16-13-20-11-14-32-15-12-20/h2,4,6-10,20,24,32H,3,5,11-18H2,1H3,(H,33,36)/t24-/m0/s1. The summed E-state index contributed by atoms with van der Waals surface area (Å²) in [6.45, 7) is 4.65. The van der Waals surface area contributed by atoms with Gasteiger partial charge in [-0.15, -0.1) is 0 Å². The molecule has 2 saturated heterocycles. The van der Waals surface area contributed by atoms with E-state index in [1.165, 1.54) is 16.4 Å². The molecule has 1 amide bonds. The number of fused-ring (bicyclic) bond motifs is 1. The van der Waals surface area contributed by atoms with Gasteiger partial charge >= 0.3 is 0 Å². The summed E-state index contributed by atoms with van der Waals surface area (Å²) in [5.74, 6) is 0.858. The molecule has 0 saturated carbocycles. The Morgan fingerprint density at radius 3 is 2.73 bits per heavy atom. The Balaban J connectivity index is 1.32. The zero-order chi connectivity index (χ0) is 28.3. The number of sulfonamides is 1. The third-order valence-electron chi connectivity index (χ3n) is 7.75. The Bertz CT molecular complexity index is 1490. The van der Waals surface area contributed by atoms with Gasteiger partial charge in [-0.2, -0.15) is 4.31 Å². The minimum atomic E-state index is -4.07. The number of aryl methyl sites for hydroxylation is 1. The van der Waals surface area contributed by atoms with E-state index in [0.717, 1.165) is 43.4 Å². The molecule has 3 aromatic rings. The molecule has 3 heterocycles. The van der Waals surface area contributed by atoms with Crippen molar-refractivity contribution in [2.75, 3.05) is 26.2 Å². The lowest BCUT2D eigenvalue weighted by Gasteiger charge is -2.26. The number of para-hydroxylation sites is 1. The van der Waals surface area contributed by atoms with Crippen LogP contribution in [0.2, 0.25) is 10.0 Å². The van der Waals surface area contributed by atoms with Gasteiger partial charge in [0.05, 0.1) is 5.02 Å². The summed E-state index contributed by atoms with van der Waals surface area (Å²) < 4.78 is 34.9. The van der Waals surface area contributed by atoms with E-state index in [2.05, 4.69) is 15.6 Å². The van der Waals surface area contributed by atoms with Crippen LogP contribution in [0.3, 0.4) is 0 Å². The van der Waals surface area contributed by atoms with Crippen molar-refractivity contribution >= 4 is 50.0 Å². The summed E-state index contributed by atoms with van der Waals surface area (Å²) in [6.07, 6.45) is 4.15. The zero-order valence-electron chi connectivity index (χ0n) is 22.5. The minimum Gasteiger partial charge on any atom is -0.487 e. The summed E-state index contributed by atoms with van der Waals surface area (Å²) in [5, 5.41) is 7.53. The van der Waals surface area contributed by atoms with Gasteiger partial charge in [-0.1, -0.05) is 41.4 Å². The predicted molar refractivity (Wildman–Crippen MR) is 157 cm³/mol. The van der Waals surface area contributed by atoms with E-state index in [4.69, 9.17) is 27.9 Å². The number of halogens is 2. The van der Waals surface area contributed by atoms with Crippen LogP contribution in [0.5, 0.6) is 5.75 Å². The fraction of sp³-hybridized carbons (Fsp3) is 0.448. The largest absolute Gasteiger partial charge is 0.487 e. The quantitative estimate of drug-likeness (QED) is 0.353. The van der Waals surface area contributed by atoms with Gasteiger partial charge in [-0.05, 0) is 82.3 Å². The maximum atomic E-state index is 13.8. The highest BCUT2D eigenvalue weighted by molar-refractivity contribution is 7.89. The molecule has 0 bridgehead atoms. The Kier molecular flexibility index (Phi) is 9.17.